The average molecular weight is 412 g/mol. The van der Waals surface area contributed by atoms with Crippen LogP contribution in [0.4, 0.5) is 11.6 Å². The number of anilines is 2. The highest BCUT2D eigenvalue weighted by Crippen LogP contribution is 2.26. The van der Waals surface area contributed by atoms with Gasteiger partial charge in [-0.05, 0) is 52.4 Å². The number of aryl methyl sites for hydroxylation is 1. The Morgan fingerprint density at radius 1 is 1.37 bits per heavy atom. The zero-order chi connectivity index (χ0) is 21.7. The van der Waals surface area contributed by atoms with Gasteiger partial charge in [0.15, 0.2) is 0 Å². The Kier molecular flexibility index (Phi) is 6.55. The van der Waals surface area contributed by atoms with E-state index in [-0.39, 0.29) is 11.9 Å². The van der Waals surface area contributed by atoms with Crippen LogP contribution in [0, 0.1) is 24.2 Å². The fourth-order valence-corrected chi connectivity index (χ4v) is 3.49. The predicted octanol–water partition coefficient (Wildman–Crippen LogP) is 3.06. The Labute approximate surface area is 176 Å². The first kappa shape index (κ1) is 21.6. The first-order valence-corrected chi connectivity index (χ1v) is 10.2. The Hall–Kier alpha value is -3.15. The molecule has 0 bridgehead atoms. The fourth-order valence-electron chi connectivity index (χ4n) is 3.49. The molecule has 1 aliphatic carbocycles. The lowest BCUT2D eigenvalue weighted by molar-refractivity contribution is -0.119. The van der Waals surface area contributed by atoms with Crippen molar-refractivity contribution < 1.29 is 9.53 Å². The minimum atomic E-state index is -0.741. The third-order valence-electron chi connectivity index (χ3n) is 5.34. The Balaban J connectivity index is 1.56. The highest BCUT2D eigenvalue weighted by molar-refractivity contribution is 5.73. The number of hydrogen-bond donors (Lipinski definition) is 2. The molecule has 0 radical (unpaired) electrons. The van der Waals surface area contributed by atoms with Gasteiger partial charge in [-0.3, -0.25) is 9.48 Å². The molecule has 2 heterocycles. The van der Waals surface area contributed by atoms with E-state index in [1.807, 2.05) is 6.92 Å². The largest absolute Gasteiger partial charge is 0.477 e. The van der Waals surface area contributed by atoms with Crippen LogP contribution in [0.25, 0.3) is 0 Å². The van der Waals surface area contributed by atoms with Crippen LogP contribution in [0.3, 0.4) is 0 Å². The van der Waals surface area contributed by atoms with E-state index in [1.165, 1.54) is 0 Å². The molecule has 3 rings (SSSR count). The second-order valence-electron chi connectivity index (χ2n) is 8.32. The first-order chi connectivity index (χ1) is 14.3. The van der Waals surface area contributed by atoms with Crippen molar-refractivity contribution in [2.75, 3.05) is 11.9 Å². The molecule has 0 spiro atoms. The van der Waals surface area contributed by atoms with Crippen molar-refractivity contribution in [1.82, 2.24) is 25.1 Å². The van der Waals surface area contributed by atoms with Crippen LogP contribution in [-0.4, -0.2) is 38.3 Å². The van der Waals surface area contributed by atoms with Gasteiger partial charge in [-0.1, -0.05) is 0 Å². The molecular weight excluding hydrogens is 382 g/mol. The summed E-state index contributed by atoms with van der Waals surface area (Å²) in [5.41, 5.74) is 0.756. The van der Waals surface area contributed by atoms with E-state index in [0.29, 0.717) is 24.4 Å². The highest BCUT2D eigenvalue weighted by Gasteiger charge is 2.23. The zero-order valence-corrected chi connectivity index (χ0v) is 18.0. The maximum Gasteiger partial charge on any atom is 0.230 e. The third kappa shape index (κ3) is 5.47. The average Bonchev–Trinajstić information content (AvgIpc) is 3.08. The lowest BCUT2D eigenvalue weighted by atomic mass is 9.86. The first-order valence-electron chi connectivity index (χ1n) is 10.2. The molecule has 160 valence electrons. The van der Waals surface area contributed by atoms with E-state index in [4.69, 9.17) is 4.74 Å². The van der Waals surface area contributed by atoms with Crippen molar-refractivity contribution in [2.45, 2.75) is 65.0 Å². The van der Waals surface area contributed by atoms with Crippen LogP contribution in [-0.2, 0) is 10.3 Å². The van der Waals surface area contributed by atoms with Crippen LogP contribution in [0.1, 0.15) is 52.1 Å². The minimum absolute atomic E-state index is 0.0349. The molecule has 2 aromatic rings. The SMILES string of the molecule is CC(=O)N[C@H]1CC[C@H](COc2ccnc(Nc3cn(C(C)(C)C#N)nc3C)n2)CC1. The van der Waals surface area contributed by atoms with Crippen LogP contribution in [0.15, 0.2) is 18.5 Å². The number of carbonyl (C=O) groups is 1. The van der Waals surface area contributed by atoms with Crippen molar-refractivity contribution in [3.63, 3.8) is 0 Å². The summed E-state index contributed by atoms with van der Waals surface area (Å²) in [5.74, 6) is 1.42. The van der Waals surface area contributed by atoms with E-state index < -0.39 is 5.54 Å². The maximum absolute atomic E-state index is 11.2. The third-order valence-corrected chi connectivity index (χ3v) is 5.34. The summed E-state index contributed by atoms with van der Waals surface area (Å²) in [7, 11) is 0. The molecular formula is C21H29N7O2. The molecule has 9 nitrogen and oxygen atoms in total. The topological polar surface area (TPSA) is 118 Å². The lowest BCUT2D eigenvalue weighted by Crippen LogP contribution is -2.37. The van der Waals surface area contributed by atoms with Gasteiger partial charge in [-0.15, -0.1) is 0 Å². The Bertz CT molecular complexity index is 924. The summed E-state index contributed by atoms with van der Waals surface area (Å²) < 4.78 is 7.53. The number of aromatic nitrogens is 4. The quantitative estimate of drug-likeness (QED) is 0.719. The number of amides is 1. The highest BCUT2D eigenvalue weighted by atomic mass is 16.5. The Morgan fingerprint density at radius 3 is 2.77 bits per heavy atom. The van der Waals surface area contributed by atoms with Crippen LogP contribution in [0.5, 0.6) is 5.88 Å². The lowest BCUT2D eigenvalue weighted by Gasteiger charge is -2.28. The number of nitriles is 1. The zero-order valence-electron chi connectivity index (χ0n) is 18.0. The summed E-state index contributed by atoms with van der Waals surface area (Å²) in [6.45, 7) is 7.63. The molecule has 30 heavy (non-hydrogen) atoms. The van der Waals surface area contributed by atoms with E-state index in [9.17, 15) is 10.1 Å². The van der Waals surface area contributed by atoms with Gasteiger partial charge in [0.2, 0.25) is 17.7 Å². The summed E-state index contributed by atoms with van der Waals surface area (Å²) in [5, 5.41) is 19.9. The molecule has 0 atom stereocenters. The van der Waals surface area contributed by atoms with Crippen LogP contribution >= 0.6 is 0 Å². The molecule has 2 N–H and O–H groups in total. The Morgan fingerprint density at radius 2 is 2.10 bits per heavy atom. The predicted molar refractivity (Wildman–Crippen MR) is 112 cm³/mol. The van der Waals surface area contributed by atoms with Gasteiger partial charge in [-0.2, -0.15) is 15.3 Å². The van der Waals surface area contributed by atoms with Crippen molar-refractivity contribution >= 4 is 17.5 Å². The van der Waals surface area contributed by atoms with E-state index in [0.717, 1.165) is 37.1 Å². The number of carbonyl (C=O) groups excluding carboxylic acids is 1. The van der Waals surface area contributed by atoms with Gasteiger partial charge in [-0.25, -0.2) is 4.98 Å². The van der Waals surface area contributed by atoms with Crippen LogP contribution in [0.2, 0.25) is 0 Å². The van der Waals surface area contributed by atoms with Gasteiger partial charge in [0.1, 0.15) is 5.54 Å². The molecule has 1 amide bonds. The number of nitrogens with one attached hydrogen (secondary N) is 2. The normalized spacial score (nSPS) is 19.0. The molecule has 0 unspecified atom stereocenters. The summed E-state index contributed by atoms with van der Waals surface area (Å²) in [6, 6.07) is 4.25. The van der Waals surface area contributed by atoms with Gasteiger partial charge >= 0.3 is 0 Å². The van der Waals surface area contributed by atoms with Crippen molar-refractivity contribution in [1.29, 1.82) is 5.26 Å². The van der Waals surface area contributed by atoms with E-state index in [2.05, 4.69) is 31.8 Å². The smallest absolute Gasteiger partial charge is 0.230 e. The fraction of sp³-hybridized carbons (Fsp3) is 0.571. The molecule has 1 fully saturated rings. The van der Waals surface area contributed by atoms with Crippen molar-refractivity contribution in [3.05, 3.63) is 24.2 Å². The van der Waals surface area contributed by atoms with Crippen molar-refractivity contribution in [2.24, 2.45) is 5.92 Å². The molecule has 1 saturated carbocycles. The number of ether oxygens (including phenoxy) is 1. The number of rotatable bonds is 7. The number of nitrogens with zero attached hydrogens (tertiary/aromatic N) is 5. The van der Waals surface area contributed by atoms with Gasteiger partial charge in [0.05, 0.1) is 30.3 Å². The maximum atomic E-state index is 11.2. The van der Waals surface area contributed by atoms with E-state index >= 15 is 0 Å². The molecule has 9 heteroatoms. The van der Waals surface area contributed by atoms with Crippen LogP contribution < -0.4 is 15.4 Å². The molecule has 2 aromatic heterocycles. The molecule has 0 aliphatic heterocycles. The van der Waals surface area contributed by atoms with E-state index in [1.54, 1.807) is 43.9 Å². The monoisotopic (exact) mass is 411 g/mol. The molecule has 1 aliphatic rings. The standard InChI is InChI=1S/C21H29N7O2/c1-14-18(11-28(27-14)21(3,4)13-22)25-20-23-10-9-19(26-20)30-12-16-5-7-17(8-6-16)24-15(2)29/h9-11,16-17H,5-8,12H2,1-4H3,(H,24,29)(H,23,25,26)/t16-,17-. The summed E-state index contributed by atoms with van der Waals surface area (Å²) >= 11 is 0. The second-order valence-corrected chi connectivity index (χ2v) is 8.32. The van der Waals surface area contributed by atoms with Crippen molar-refractivity contribution in [3.8, 4) is 11.9 Å². The second kappa shape index (κ2) is 9.11. The molecule has 0 aromatic carbocycles. The molecule has 0 saturated heterocycles. The van der Waals surface area contributed by atoms with Gasteiger partial charge in [0, 0.05) is 25.2 Å². The summed E-state index contributed by atoms with van der Waals surface area (Å²) in [4.78, 5) is 19.9. The summed E-state index contributed by atoms with van der Waals surface area (Å²) in [6.07, 6.45) is 7.43. The number of hydrogen-bond acceptors (Lipinski definition) is 7. The van der Waals surface area contributed by atoms with Gasteiger partial charge in [0.25, 0.3) is 0 Å². The minimum Gasteiger partial charge on any atom is -0.477 e. The van der Waals surface area contributed by atoms with Gasteiger partial charge < -0.3 is 15.4 Å².